The minimum atomic E-state index is 0.518. The van der Waals surface area contributed by atoms with Crippen LogP contribution >= 0.6 is 0 Å². The Morgan fingerprint density at radius 3 is 1.73 bits per heavy atom. The van der Waals surface area contributed by atoms with E-state index in [4.69, 9.17) is 0 Å². The SMILES string of the molecule is CCC[C@@H](c1ccc(C(C)C)cc1)c1ccccc1C(C)C. The number of hydrogen-bond acceptors (Lipinski definition) is 0. The maximum absolute atomic E-state index is 2.34. The molecule has 0 saturated carbocycles. The molecule has 0 aliphatic rings. The van der Waals surface area contributed by atoms with Gasteiger partial charge in [0.2, 0.25) is 0 Å². The molecule has 0 radical (unpaired) electrons. The fourth-order valence-electron chi connectivity index (χ4n) is 3.26. The lowest BCUT2D eigenvalue weighted by molar-refractivity contribution is 0.682. The molecular formula is C22H30. The average molecular weight is 294 g/mol. The maximum atomic E-state index is 2.34. The van der Waals surface area contributed by atoms with E-state index in [0.29, 0.717) is 17.8 Å². The van der Waals surface area contributed by atoms with Gasteiger partial charge in [0, 0.05) is 5.92 Å². The molecule has 0 aliphatic carbocycles. The van der Waals surface area contributed by atoms with E-state index in [9.17, 15) is 0 Å². The van der Waals surface area contributed by atoms with E-state index in [1.165, 1.54) is 35.1 Å². The second-order valence-electron chi connectivity index (χ2n) is 6.95. The summed E-state index contributed by atoms with van der Waals surface area (Å²) in [6.45, 7) is 11.4. The Morgan fingerprint density at radius 1 is 0.682 bits per heavy atom. The summed E-state index contributed by atoms with van der Waals surface area (Å²) in [4.78, 5) is 0. The molecule has 2 aromatic rings. The molecule has 1 atom stereocenters. The molecule has 2 aromatic carbocycles. The number of rotatable bonds is 6. The van der Waals surface area contributed by atoms with Crippen molar-refractivity contribution in [3.8, 4) is 0 Å². The van der Waals surface area contributed by atoms with Crippen molar-refractivity contribution >= 4 is 0 Å². The van der Waals surface area contributed by atoms with Crippen molar-refractivity contribution in [2.24, 2.45) is 0 Å². The van der Waals surface area contributed by atoms with E-state index < -0.39 is 0 Å². The fourth-order valence-corrected chi connectivity index (χ4v) is 3.26. The Labute approximate surface area is 136 Å². The third kappa shape index (κ3) is 3.80. The van der Waals surface area contributed by atoms with Crippen molar-refractivity contribution in [2.45, 2.75) is 65.2 Å². The Hall–Kier alpha value is -1.56. The molecule has 0 fully saturated rings. The highest BCUT2D eigenvalue weighted by atomic mass is 14.2. The molecule has 2 rings (SSSR count). The van der Waals surface area contributed by atoms with Crippen molar-refractivity contribution in [1.82, 2.24) is 0 Å². The van der Waals surface area contributed by atoms with E-state index in [0.717, 1.165) is 0 Å². The van der Waals surface area contributed by atoms with Gasteiger partial charge in [0.05, 0.1) is 0 Å². The van der Waals surface area contributed by atoms with Gasteiger partial charge in [0.15, 0.2) is 0 Å². The zero-order valence-corrected chi connectivity index (χ0v) is 14.8. The van der Waals surface area contributed by atoms with Gasteiger partial charge < -0.3 is 0 Å². The Bertz CT molecular complexity index is 575. The molecule has 118 valence electrons. The third-order valence-electron chi connectivity index (χ3n) is 4.58. The van der Waals surface area contributed by atoms with Gasteiger partial charge in [-0.3, -0.25) is 0 Å². The summed E-state index contributed by atoms with van der Waals surface area (Å²) in [5.41, 5.74) is 5.89. The lowest BCUT2D eigenvalue weighted by Gasteiger charge is -2.23. The van der Waals surface area contributed by atoms with Crippen molar-refractivity contribution in [1.29, 1.82) is 0 Å². The van der Waals surface area contributed by atoms with Crippen LogP contribution in [0.15, 0.2) is 48.5 Å². The third-order valence-corrected chi connectivity index (χ3v) is 4.58. The van der Waals surface area contributed by atoms with Gasteiger partial charge in [-0.15, -0.1) is 0 Å². The highest BCUT2D eigenvalue weighted by molar-refractivity contribution is 5.40. The quantitative estimate of drug-likeness (QED) is 0.545. The van der Waals surface area contributed by atoms with Crippen LogP contribution in [-0.4, -0.2) is 0 Å². The van der Waals surface area contributed by atoms with Crippen LogP contribution < -0.4 is 0 Å². The second kappa shape index (κ2) is 7.63. The van der Waals surface area contributed by atoms with Crippen LogP contribution in [0.2, 0.25) is 0 Å². The van der Waals surface area contributed by atoms with Gasteiger partial charge in [-0.05, 0) is 40.5 Å². The molecule has 0 bridgehead atoms. The van der Waals surface area contributed by atoms with Crippen molar-refractivity contribution in [2.75, 3.05) is 0 Å². The minimum absolute atomic E-state index is 0.518. The maximum Gasteiger partial charge on any atom is 0.00920 e. The van der Waals surface area contributed by atoms with Crippen LogP contribution in [0.1, 0.15) is 87.5 Å². The van der Waals surface area contributed by atoms with Gasteiger partial charge >= 0.3 is 0 Å². The molecule has 0 N–H and O–H groups in total. The highest BCUT2D eigenvalue weighted by Crippen LogP contribution is 2.34. The summed E-state index contributed by atoms with van der Waals surface area (Å²) in [5.74, 6) is 1.69. The van der Waals surface area contributed by atoms with Crippen molar-refractivity contribution < 1.29 is 0 Å². The Kier molecular flexibility index (Phi) is 5.83. The molecule has 0 aliphatic heterocycles. The molecule has 0 aromatic heterocycles. The number of hydrogen-bond donors (Lipinski definition) is 0. The molecule has 0 saturated heterocycles. The van der Waals surface area contributed by atoms with Gasteiger partial charge in [0.25, 0.3) is 0 Å². The standard InChI is InChI=1S/C22H30/c1-6-9-21(19-14-12-18(13-15-19)16(2)3)22-11-8-7-10-20(22)17(4)5/h7-8,10-17,21H,6,9H2,1-5H3/t21-/m0/s1. The van der Waals surface area contributed by atoms with Gasteiger partial charge in [-0.25, -0.2) is 0 Å². The van der Waals surface area contributed by atoms with Crippen LogP contribution in [0, 0.1) is 0 Å². The van der Waals surface area contributed by atoms with E-state index in [1.54, 1.807) is 0 Å². The molecule has 0 amide bonds. The topological polar surface area (TPSA) is 0 Å². The molecule has 0 heterocycles. The molecule has 0 spiro atoms. The first-order valence-corrected chi connectivity index (χ1v) is 8.73. The first-order chi connectivity index (χ1) is 10.5. The monoisotopic (exact) mass is 294 g/mol. The lowest BCUT2D eigenvalue weighted by atomic mass is 9.82. The van der Waals surface area contributed by atoms with E-state index in [2.05, 4.69) is 83.1 Å². The predicted molar refractivity (Wildman–Crippen MR) is 97.8 cm³/mol. The number of benzene rings is 2. The van der Waals surface area contributed by atoms with Crippen molar-refractivity contribution in [3.05, 3.63) is 70.8 Å². The highest BCUT2D eigenvalue weighted by Gasteiger charge is 2.18. The first kappa shape index (κ1) is 16.8. The predicted octanol–water partition coefficient (Wildman–Crippen LogP) is 6.87. The summed E-state index contributed by atoms with van der Waals surface area (Å²) in [6.07, 6.45) is 2.42. The summed E-state index contributed by atoms with van der Waals surface area (Å²) in [5, 5.41) is 0. The summed E-state index contributed by atoms with van der Waals surface area (Å²) < 4.78 is 0. The second-order valence-corrected chi connectivity index (χ2v) is 6.95. The smallest absolute Gasteiger partial charge is 0.00920 e. The molecule has 22 heavy (non-hydrogen) atoms. The van der Waals surface area contributed by atoms with Crippen LogP contribution in [-0.2, 0) is 0 Å². The van der Waals surface area contributed by atoms with Crippen molar-refractivity contribution in [3.63, 3.8) is 0 Å². The van der Waals surface area contributed by atoms with Crippen LogP contribution in [0.25, 0.3) is 0 Å². The first-order valence-electron chi connectivity index (χ1n) is 8.73. The van der Waals surface area contributed by atoms with E-state index in [-0.39, 0.29) is 0 Å². The Balaban J connectivity index is 2.42. The Morgan fingerprint density at radius 2 is 1.23 bits per heavy atom. The minimum Gasteiger partial charge on any atom is -0.0653 e. The fraction of sp³-hybridized carbons (Fsp3) is 0.455. The van der Waals surface area contributed by atoms with Gasteiger partial charge in [0.1, 0.15) is 0 Å². The molecule has 0 heteroatoms. The normalized spacial score (nSPS) is 12.9. The lowest BCUT2D eigenvalue weighted by Crippen LogP contribution is -2.06. The average Bonchev–Trinajstić information content (AvgIpc) is 2.52. The summed E-state index contributed by atoms with van der Waals surface area (Å²) in [7, 11) is 0. The molecular weight excluding hydrogens is 264 g/mol. The van der Waals surface area contributed by atoms with E-state index in [1.807, 2.05) is 0 Å². The zero-order valence-electron chi connectivity index (χ0n) is 14.8. The van der Waals surface area contributed by atoms with Gasteiger partial charge in [-0.1, -0.05) is 89.6 Å². The van der Waals surface area contributed by atoms with Crippen LogP contribution in [0.5, 0.6) is 0 Å². The largest absolute Gasteiger partial charge is 0.0653 e. The van der Waals surface area contributed by atoms with E-state index >= 15 is 0 Å². The van der Waals surface area contributed by atoms with Gasteiger partial charge in [-0.2, -0.15) is 0 Å². The zero-order chi connectivity index (χ0) is 16.1. The summed E-state index contributed by atoms with van der Waals surface area (Å²) in [6, 6.07) is 18.3. The van der Waals surface area contributed by atoms with Crippen LogP contribution in [0.4, 0.5) is 0 Å². The summed E-state index contributed by atoms with van der Waals surface area (Å²) >= 11 is 0. The molecule has 0 unspecified atom stereocenters. The molecule has 0 nitrogen and oxygen atoms in total. The van der Waals surface area contributed by atoms with Crippen LogP contribution in [0.3, 0.4) is 0 Å².